The van der Waals surface area contributed by atoms with Gasteiger partial charge in [-0.2, -0.15) is 0 Å². The van der Waals surface area contributed by atoms with Crippen LogP contribution in [0.2, 0.25) is 0 Å². The van der Waals surface area contributed by atoms with Gasteiger partial charge in [-0.05, 0) is 37.1 Å². The molecule has 7 heteroatoms. The van der Waals surface area contributed by atoms with E-state index in [2.05, 4.69) is 10.3 Å². The van der Waals surface area contributed by atoms with Crippen molar-refractivity contribution < 1.29 is 19.0 Å². The molecule has 0 unspecified atom stereocenters. The van der Waals surface area contributed by atoms with E-state index in [1.165, 1.54) is 7.11 Å². The average molecular weight is 357 g/mol. The highest BCUT2D eigenvalue weighted by molar-refractivity contribution is 5.91. The second-order valence-electron chi connectivity index (χ2n) is 5.95. The lowest BCUT2D eigenvalue weighted by molar-refractivity contribution is 0.206. The minimum Gasteiger partial charge on any atom is -0.497 e. The van der Waals surface area contributed by atoms with Gasteiger partial charge in [0.25, 0.3) is 0 Å². The van der Waals surface area contributed by atoms with Crippen LogP contribution in [0.3, 0.4) is 0 Å². The van der Waals surface area contributed by atoms with Crippen LogP contribution < -0.4 is 19.5 Å². The fourth-order valence-corrected chi connectivity index (χ4v) is 3.26. The van der Waals surface area contributed by atoms with Crippen molar-refractivity contribution in [2.24, 2.45) is 0 Å². The van der Waals surface area contributed by atoms with Crippen LogP contribution >= 0.6 is 0 Å². The van der Waals surface area contributed by atoms with Crippen LogP contribution in [0.5, 0.6) is 17.4 Å². The molecular weight excluding hydrogens is 334 g/mol. The Balaban J connectivity index is 1.83. The Labute approximate surface area is 152 Å². The summed E-state index contributed by atoms with van der Waals surface area (Å²) in [5.41, 5.74) is 1.52. The molecule has 0 radical (unpaired) electrons. The smallest absolute Gasteiger partial charge is 0.322 e. The number of hydrogen-bond donors (Lipinski definition) is 1. The normalized spacial score (nSPS) is 16.3. The van der Waals surface area contributed by atoms with Crippen molar-refractivity contribution in [2.45, 2.75) is 18.9 Å². The Morgan fingerprint density at radius 3 is 2.77 bits per heavy atom. The molecule has 2 amide bonds. The van der Waals surface area contributed by atoms with E-state index in [0.29, 0.717) is 23.9 Å². The van der Waals surface area contributed by atoms with E-state index < -0.39 is 0 Å². The predicted octanol–water partition coefficient (Wildman–Crippen LogP) is 3.48. The molecule has 26 heavy (non-hydrogen) atoms. The Morgan fingerprint density at radius 1 is 1.19 bits per heavy atom. The first-order chi connectivity index (χ1) is 12.7. The molecule has 0 bridgehead atoms. The molecule has 1 aliphatic heterocycles. The topological polar surface area (TPSA) is 72.9 Å². The first kappa shape index (κ1) is 17.8. The SMILES string of the molecule is COc1ccc([C@@H]2CCCN2C(=O)Nc2cccnc2OC)c(OC)c1. The van der Waals surface area contributed by atoms with Crippen molar-refractivity contribution in [1.82, 2.24) is 9.88 Å². The number of aromatic nitrogens is 1. The Kier molecular flexibility index (Phi) is 5.46. The number of pyridine rings is 1. The number of ether oxygens (including phenoxy) is 3. The quantitative estimate of drug-likeness (QED) is 0.887. The molecule has 2 heterocycles. The van der Waals surface area contributed by atoms with Crippen LogP contribution in [0.15, 0.2) is 36.5 Å². The van der Waals surface area contributed by atoms with Crippen LogP contribution in [0.4, 0.5) is 10.5 Å². The molecule has 1 atom stereocenters. The third-order valence-electron chi connectivity index (χ3n) is 4.52. The van der Waals surface area contributed by atoms with E-state index in [0.717, 1.165) is 24.2 Å². The van der Waals surface area contributed by atoms with E-state index >= 15 is 0 Å². The van der Waals surface area contributed by atoms with Gasteiger partial charge in [0.05, 0.1) is 27.4 Å². The standard InChI is InChI=1S/C19H23N3O4/c1-24-13-8-9-14(17(12-13)25-2)16-7-5-11-22(16)19(23)21-15-6-4-10-20-18(15)26-3/h4,6,8-10,12,16H,5,7,11H2,1-3H3,(H,21,23)/t16-/m0/s1. The van der Waals surface area contributed by atoms with Crippen LogP contribution in [-0.4, -0.2) is 43.8 Å². The van der Waals surface area contributed by atoms with Gasteiger partial charge in [-0.25, -0.2) is 9.78 Å². The lowest BCUT2D eigenvalue weighted by atomic mass is 10.0. The molecular formula is C19H23N3O4. The number of urea groups is 1. The minimum atomic E-state index is -0.184. The van der Waals surface area contributed by atoms with Gasteiger partial charge in [0.1, 0.15) is 17.2 Å². The highest BCUT2D eigenvalue weighted by Crippen LogP contribution is 2.39. The van der Waals surface area contributed by atoms with Crippen molar-refractivity contribution in [3.63, 3.8) is 0 Å². The molecule has 3 rings (SSSR count). The molecule has 1 aromatic heterocycles. The predicted molar refractivity (Wildman–Crippen MR) is 98.0 cm³/mol. The zero-order chi connectivity index (χ0) is 18.5. The lowest BCUT2D eigenvalue weighted by Gasteiger charge is -2.27. The third-order valence-corrected chi connectivity index (χ3v) is 4.52. The fourth-order valence-electron chi connectivity index (χ4n) is 3.26. The number of likely N-dealkylation sites (tertiary alicyclic amines) is 1. The number of methoxy groups -OCH3 is 3. The van der Waals surface area contributed by atoms with Crippen molar-refractivity contribution in [3.05, 3.63) is 42.1 Å². The molecule has 0 aliphatic carbocycles. The monoisotopic (exact) mass is 357 g/mol. The number of benzene rings is 1. The number of amides is 2. The highest BCUT2D eigenvalue weighted by Gasteiger charge is 2.32. The lowest BCUT2D eigenvalue weighted by Crippen LogP contribution is -2.34. The number of carbonyl (C=O) groups excluding carboxylic acids is 1. The highest BCUT2D eigenvalue weighted by atomic mass is 16.5. The second kappa shape index (κ2) is 7.95. The number of hydrogen-bond acceptors (Lipinski definition) is 5. The third kappa shape index (κ3) is 3.51. The summed E-state index contributed by atoms with van der Waals surface area (Å²) in [5.74, 6) is 1.83. The van der Waals surface area contributed by atoms with Gasteiger partial charge in [-0.3, -0.25) is 0 Å². The van der Waals surface area contributed by atoms with Crippen LogP contribution in [0, 0.1) is 0 Å². The zero-order valence-corrected chi connectivity index (χ0v) is 15.2. The summed E-state index contributed by atoms with van der Waals surface area (Å²) in [5, 5.41) is 2.90. The van der Waals surface area contributed by atoms with Crippen LogP contribution in [0.25, 0.3) is 0 Å². The number of nitrogens with zero attached hydrogens (tertiary/aromatic N) is 2. The molecule has 138 valence electrons. The molecule has 1 aliphatic rings. The number of rotatable bonds is 5. The number of anilines is 1. The van der Waals surface area contributed by atoms with Crippen LogP contribution in [0.1, 0.15) is 24.4 Å². The second-order valence-corrected chi connectivity index (χ2v) is 5.95. The summed E-state index contributed by atoms with van der Waals surface area (Å²) in [6, 6.07) is 8.97. The summed E-state index contributed by atoms with van der Waals surface area (Å²) < 4.78 is 16.0. The minimum absolute atomic E-state index is 0.0569. The van der Waals surface area contributed by atoms with E-state index in [1.807, 2.05) is 23.1 Å². The Hall–Kier alpha value is -2.96. The van der Waals surface area contributed by atoms with Gasteiger partial charge in [0.2, 0.25) is 5.88 Å². The van der Waals surface area contributed by atoms with Crippen molar-refractivity contribution in [1.29, 1.82) is 0 Å². The van der Waals surface area contributed by atoms with E-state index in [1.54, 1.807) is 32.5 Å². The van der Waals surface area contributed by atoms with Gasteiger partial charge in [0, 0.05) is 24.4 Å². The molecule has 0 spiro atoms. The summed E-state index contributed by atoms with van der Waals surface area (Å²) in [6.07, 6.45) is 3.42. The van der Waals surface area contributed by atoms with Gasteiger partial charge in [0.15, 0.2) is 0 Å². The van der Waals surface area contributed by atoms with Crippen molar-refractivity contribution in [2.75, 3.05) is 33.2 Å². The number of carbonyl (C=O) groups is 1. The summed E-state index contributed by atoms with van der Waals surface area (Å²) in [6.45, 7) is 0.675. The molecule has 1 N–H and O–H groups in total. The van der Waals surface area contributed by atoms with Gasteiger partial charge >= 0.3 is 6.03 Å². The molecule has 7 nitrogen and oxygen atoms in total. The van der Waals surface area contributed by atoms with Gasteiger partial charge in [-0.15, -0.1) is 0 Å². The molecule has 1 fully saturated rings. The maximum atomic E-state index is 12.9. The van der Waals surface area contributed by atoms with E-state index in [4.69, 9.17) is 14.2 Å². The van der Waals surface area contributed by atoms with E-state index in [-0.39, 0.29) is 12.1 Å². The van der Waals surface area contributed by atoms with Crippen LogP contribution in [-0.2, 0) is 0 Å². The van der Waals surface area contributed by atoms with E-state index in [9.17, 15) is 4.79 Å². The summed E-state index contributed by atoms with van der Waals surface area (Å²) >= 11 is 0. The van der Waals surface area contributed by atoms with Crippen molar-refractivity contribution >= 4 is 11.7 Å². The fraction of sp³-hybridized carbons (Fsp3) is 0.368. The zero-order valence-electron chi connectivity index (χ0n) is 15.2. The average Bonchev–Trinajstić information content (AvgIpc) is 3.17. The first-order valence-corrected chi connectivity index (χ1v) is 8.46. The Morgan fingerprint density at radius 2 is 2.04 bits per heavy atom. The summed E-state index contributed by atoms with van der Waals surface area (Å²) in [7, 11) is 4.77. The van der Waals surface area contributed by atoms with Gasteiger partial charge in [-0.1, -0.05) is 0 Å². The maximum absolute atomic E-state index is 12.9. The summed E-state index contributed by atoms with van der Waals surface area (Å²) in [4.78, 5) is 18.8. The maximum Gasteiger partial charge on any atom is 0.322 e. The molecule has 1 aromatic carbocycles. The largest absolute Gasteiger partial charge is 0.497 e. The molecule has 1 saturated heterocycles. The van der Waals surface area contributed by atoms with Gasteiger partial charge < -0.3 is 24.4 Å². The van der Waals surface area contributed by atoms with Crippen molar-refractivity contribution in [3.8, 4) is 17.4 Å². The number of nitrogens with one attached hydrogen (secondary N) is 1. The Bertz CT molecular complexity index is 781. The molecule has 0 saturated carbocycles. The molecule has 2 aromatic rings. The first-order valence-electron chi connectivity index (χ1n) is 8.46.